The molecule has 0 saturated heterocycles. The molecule has 0 radical (unpaired) electrons. The Labute approximate surface area is 92.4 Å². The number of halogens is 1. The number of hydrogen-bond donors (Lipinski definition) is 2. The molecule has 0 atom stereocenters. The molecule has 0 aromatic heterocycles. The predicted molar refractivity (Wildman–Crippen MR) is 62.1 cm³/mol. The Morgan fingerprint density at radius 1 is 1.50 bits per heavy atom. The second kappa shape index (κ2) is 6.40. The molecule has 3 N–H and O–H groups in total. The first-order chi connectivity index (χ1) is 5.83. The highest BCUT2D eigenvalue weighted by Crippen LogP contribution is 2.02. The van der Waals surface area contributed by atoms with Gasteiger partial charge in [-0.2, -0.15) is 0 Å². The zero-order valence-electron chi connectivity index (χ0n) is 8.62. The molecule has 0 aromatic carbocycles. The molecule has 0 aliphatic rings. The number of rotatable bonds is 6. The van der Waals surface area contributed by atoms with Gasteiger partial charge in [-0.15, -0.1) is 19.0 Å². The normalized spacial score (nSPS) is 11.9. The highest BCUT2D eigenvalue weighted by molar-refractivity contribution is 7.89. The Kier molecular flexibility index (Phi) is 7.46. The fourth-order valence-corrected chi connectivity index (χ4v) is 2.26. The van der Waals surface area contributed by atoms with Crippen LogP contribution in [0, 0.1) is 0 Å². The van der Waals surface area contributed by atoms with Crippen molar-refractivity contribution in [2.24, 2.45) is 5.73 Å². The minimum Gasteiger partial charge on any atom is -0.329 e. The molecule has 0 saturated carbocycles. The Hall–Kier alpha value is -0.100. The highest BCUT2D eigenvalue weighted by Gasteiger charge is 2.22. The van der Waals surface area contributed by atoms with Crippen LogP contribution in [-0.2, 0) is 10.0 Å². The molecule has 86 valence electrons. The highest BCUT2D eigenvalue weighted by atomic mass is 35.5. The van der Waals surface area contributed by atoms with E-state index in [0.717, 1.165) is 0 Å². The zero-order chi connectivity index (χ0) is 10.5. The van der Waals surface area contributed by atoms with E-state index in [0.29, 0.717) is 6.42 Å². The van der Waals surface area contributed by atoms with E-state index in [1.807, 2.05) is 0 Å². The number of hydrogen-bond acceptors (Lipinski definition) is 3. The Balaban J connectivity index is 0. The second-order valence-corrected chi connectivity index (χ2v) is 5.43. The average molecular weight is 243 g/mol. The molecule has 0 amide bonds. The standard InChI is InChI=1S/C8H18N2O2S.ClH/c1-4-5-6-13(11,12)10-8(2,3)7-9;/h4,10H,1,5-7,9H2,2-3H3;1H. The molecular formula is C8H19ClN2O2S. The van der Waals surface area contributed by atoms with E-state index in [4.69, 9.17) is 5.73 Å². The summed E-state index contributed by atoms with van der Waals surface area (Å²) in [5.74, 6) is 0.0694. The number of nitrogens with two attached hydrogens (primary N) is 1. The van der Waals surface area contributed by atoms with Crippen molar-refractivity contribution in [1.82, 2.24) is 4.72 Å². The molecular weight excluding hydrogens is 224 g/mol. The molecule has 0 spiro atoms. The van der Waals surface area contributed by atoms with Crippen molar-refractivity contribution < 1.29 is 8.42 Å². The molecule has 0 unspecified atom stereocenters. The smallest absolute Gasteiger partial charge is 0.212 e. The summed E-state index contributed by atoms with van der Waals surface area (Å²) < 4.78 is 25.2. The van der Waals surface area contributed by atoms with Crippen molar-refractivity contribution in [3.8, 4) is 0 Å². The van der Waals surface area contributed by atoms with Crippen LogP contribution in [0.5, 0.6) is 0 Å². The van der Waals surface area contributed by atoms with E-state index in [-0.39, 0.29) is 24.7 Å². The summed E-state index contributed by atoms with van der Waals surface area (Å²) in [5.41, 5.74) is 4.83. The van der Waals surface area contributed by atoms with Crippen molar-refractivity contribution in [3.05, 3.63) is 12.7 Å². The van der Waals surface area contributed by atoms with E-state index in [1.165, 1.54) is 0 Å². The van der Waals surface area contributed by atoms with E-state index in [1.54, 1.807) is 19.9 Å². The molecule has 0 aromatic rings. The lowest BCUT2D eigenvalue weighted by atomic mass is 10.1. The van der Waals surface area contributed by atoms with Crippen molar-refractivity contribution in [2.45, 2.75) is 25.8 Å². The van der Waals surface area contributed by atoms with Crippen LogP contribution in [0.15, 0.2) is 12.7 Å². The maximum atomic E-state index is 11.3. The topological polar surface area (TPSA) is 72.2 Å². The van der Waals surface area contributed by atoms with Gasteiger partial charge in [0.25, 0.3) is 0 Å². The van der Waals surface area contributed by atoms with Gasteiger partial charge in [-0.3, -0.25) is 0 Å². The van der Waals surface area contributed by atoms with Gasteiger partial charge >= 0.3 is 0 Å². The van der Waals surface area contributed by atoms with Crippen LogP contribution in [0.4, 0.5) is 0 Å². The van der Waals surface area contributed by atoms with Gasteiger partial charge in [0.05, 0.1) is 5.75 Å². The number of nitrogens with one attached hydrogen (secondary N) is 1. The number of allylic oxidation sites excluding steroid dienone is 1. The predicted octanol–water partition coefficient (Wildman–Crippen LogP) is 0.641. The van der Waals surface area contributed by atoms with Gasteiger partial charge in [0.1, 0.15) is 0 Å². The third kappa shape index (κ3) is 7.32. The van der Waals surface area contributed by atoms with E-state index < -0.39 is 15.6 Å². The van der Waals surface area contributed by atoms with Crippen molar-refractivity contribution in [3.63, 3.8) is 0 Å². The summed E-state index contributed by atoms with van der Waals surface area (Å²) in [6.07, 6.45) is 2.03. The Bertz CT molecular complexity index is 263. The van der Waals surface area contributed by atoms with Crippen molar-refractivity contribution in [1.29, 1.82) is 0 Å². The quantitative estimate of drug-likeness (QED) is 0.672. The zero-order valence-corrected chi connectivity index (χ0v) is 10.2. The molecule has 4 nitrogen and oxygen atoms in total. The van der Waals surface area contributed by atoms with Crippen LogP contribution in [0.1, 0.15) is 20.3 Å². The largest absolute Gasteiger partial charge is 0.329 e. The molecule has 0 fully saturated rings. The lowest BCUT2D eigenvalue weighted by Crippen LogP contribution is -2.49. The van der Waals surface area contributed by atoms with Gasteiger partial charge in [-0.1, -0.05) is 6.08 Å². The van der Waals surface area contributed by atoms with Gasteiger partial charge in [0.2, 0.25) is 10.0 Å². The van der Waals surface area contributed by atoms with Crippen LogP contribution >= 0.6 is 12.4 Å². The summed E-state index contributed by atoms with van der Waals surface area (Å²) in [7, 11) is -3.21. The summed E-state index contributed by atoms with van der Waals surface area (Å²) in [4.78, 5) is 0. The summed E-state index contributed by atoms with van der Waals surface area (Å²) in [6, 6.07) is 0. The van der Waals surface area contributed by atoms with Crippen LogP contribution in [0.3, 0.4) is 0 Å². The molecule has 0 aliphatic carbocycles. The maximum absolute atomic E-state index is 11.3. The van der Waals surface area contributed by atoms with Crippen molar-refractivity contribution in [2.75, 3.05) is 12.3 Å². The minimum atomic E-state index is -3.21. The van der Waals surface area contributed by atoms with Gasteiger partial charge in [-0.25, -0.2) is 13.1 Å². The monoisotopic (exact) mass is 242 g/mol. The lowest BCUT2D eigenvalue weighted by Gasteiger charge is -2.23. The molecule has 6 heteroatoms. The summed E-state index contributed by atoms with van der Waals surface area (Å²) >= 11 is 0. The lowest BCUT2D eigenvalue weighted by molar-refractivity contribution is 0.462. The Morgan fingerprint density at radius 3 is 2.36 bits per heavy atom. The van der Waals surface area contributed by atoms with Gasteiger partial charge in [0.15, 0.2) is 0 Å². The molecule has 0 bridgehead atoms. The molecule has 0 rings (SSSR count). The van der Waals surface area contributed by atoms with E-state index in [9.17, 15) is 8.42 Å². The summed E-state index contributed by atoms with van der Waals surface area (Å²) in [6.45, 7) is 7.24. The van der Waals surface area contributed by atoms with E-state index in [2.05, 4.69) is 11.3 Å². The maximum Gasteiger partial charge on any atom is 0.212 e. The molecule has 0 aliphatic heterocycles. The fourth-order valence-electron chi connectivity index (χ4n) is 0.752. The first-order valence-corrected chi connectivity index (χ1v) is 5.81. The van der Waals surface area contributed by atoms with Crippen molar-refractivity contribution >= 4 is 22.4 Å². The minimum absolute atomic E-state index is 0. The SMILES string of the molecule is C=CCCS(=O)(=O)NC(C)(C)CN.Cl. The summed E-state index contributed by atoms with van der Waals surface area (Å²) in [5, 5.41) is 0. The van der Waals surface area contributed by atoms with Crippen LogP contribution in [0.2, 0.25) is 0 Å². The first kappa shape index (κ1) is 16.3. The van der Waals surface area contributed by atoms with Gasteiger partial charge in [0, 0.05) is 12.1 Å². The average Bonchev–Trinajstić information content (AvgIpc) is 1.99. The molecule has 14 heavy (non-hydrogen) atoms. The second-order valence-electron chi connectivity index (χ2n) is 3.59. The molecule has 0 heterocycles. The van der Waals surface area contributed by atoms with Crippen LogP contribution < -0.4 is 10.5 Å². The number of sulfonamides is 1. The van der Waals surface area contributed by atoms with Gasteiger partial charge in [-0.05, 0) is 20.3 Å². The van der Waals surface area contributed by atoms with E-state index >= 15 is 0 Å². The van der Waals surface area contributed by atoms with Gasteiger partial charge < -0.3 is 5.73 Å². The Morgan fingerprint density at radius 2 is 2.00 bits per heavy atom. The first-order valence-electron chi connectivity index (χ1n) is 4.15. The van der Waals surface area contributed by atoms with Crippen LogP contribution in [-0.4, -0.2) is 26.3 Å². The van der Waals surface area contributed by atoms with Crippen LogP contribution in [0.25, 0.3) is 0 Å². The third-order valence-corrected chi connectivity index (χ3v) is 3.17. The third-order valence-electron chi connectivity index (χ3n) is 1.53. The fraction of sp³-hybridized carbons (Fsp3) is 0.750.